The highest BCUT2D eigenvalue weighted by Gasteiger charge is 2.04. The molecule has 0 bridgehead atoms. The van der Waals surface area contributed by atoms with Crippen molar-refractivity contribution in [3.05, 3.63) is 29.0 Å². The first-order chi connectivity index (χ1) is 11.0. The van der Waals surface area contributed by atoms with Crippen LogP contribution in [0.25, 0.3) is 0 Å². The average Bonchev–Trinajstić information content (AvgIpc) is 2.54. The van der Waals surface area contributed by atoms with E-state index in [2.05, 4.69) is 25.3 Å². The molecule has 0 saturated carbocycles. The maximum absolute atomic E-state index is 11.3. The van der Waals surface area contributed by atoms with E-state index in [1.807, 2.05) is 6.07 Å². The van der Waals surface area contributed by atoms with Gasteiger partial charge in [0.05, 0.1) is 5.75 Å². The van der Waals surface area contributed by atoms with Gasteiger partial charge in [-0.1, -0.05) is 17.7 Å². The molecule has 7 nitrogen and oxygen atoms in total. The molecule has 130 valence electrons. The monoisotopic (exact) mass is 361 g/mol. The van der Waals surface area contributed by atoms with Crippen molar-refractivity contribution >= 4 is 27.6 Å². The van der Waals surface area contributed by atoms with Crippen molar-refractivity contribution in [2.75, 3.05) is 32.4 Å². The third-order valence-electron chi connectivity index (χ3n) is 3.07. The first kappa shape index (κ1) is 19.7. The Labute approximate surface area is 143 Å². The lowest BCUT2D eigenvalue weighted by Crippen LogP contribution is -2.39. The summed E-state index contributed by atoms with van der Waals surface area (Å²) in [5.74, 6) is 0.786. The van der Waals surface area contributed by atoms with Crippen molar-refractivity contribution < 1.29 is 8.42 Å². The summed E-state index contributed by atoms with van der Waals surface area (Å²) in [6.07, 6.45) is 3.24. The molecule has 0 amide bonds. The lowest BCUT2D eigenvalue weighted by molar-refractivity contribution is 0.579. The fourth-order valence-electron chi connectivity index (χ4n) is 1.73. The van der Waals surface area contributed by atoms with Gasteiger partial charge in [0, 0.05) is 32.9 Å². The molecule has 1 aromatic rings. The average molecular weight is 362 g/mol. The summed E-state index contributed by atoms with van der Waals surface area (Å²) in [4.78, 5) is 8.14. The second-order valence-corrected chi connectivity index (χ2v) is 7.30. The van der Waals surface area contributed by atoms with Gasteiger partial charge >= 0.3 is 0 Å². The molecular weight excluding hydrogens is 338 g/mol. The van der Waals surface area contributed by atoms with Gasteiger partial charge in [-0.2, -0.15) is 0 Å². The van der Waals surface area contributed by atoms with Crippen molar-refractivity contribution in [2.24, 2.45) is 4.99 Å². The molecule has 1 heterocycles. The van der Waals surface area contributed by atoms with Crippen LogP contribution in [0.15, 0.2) is 23.3 Å². The van der Waals surface area contributed by atoms with E-state index in [4.69, 9.17) is 11.6 Å². The number of aliphatic imine (C=N–C) groups is 1. The first-order valence-electron chi connectivity index (χ1n) is 7.49. The molecule has 0 aliphatic carbocycles. The Balaban J connectivity index is 2.18. The van der Waals surface area contributed by atoms with Crippen LogP contribution in [0.1, 0.15) is 18.9 Å². The van der Waals surface area contributed by atoms with Crippen LogP contribution in [-0.2, 0) is 16.4 Å². The van der Waals surface area contributed by atoms with E-state index in [1.165, 1.54) is 0 Å². The van der Waals surface area contributed by atoms with Crippen LogP contribution < -0.4 is 15.4 Å². The molecule has 0 spiro atoms. The third-order valence-corrected chi connectivity index (χ3v) is 4.69. The zero-order chi connectivity index (χ0) is 17.1. The fraction of sp³-hybridized carbons (Fsp3) is 0.571. The summed E-state index contributed by atoms with van der Waals surface area (Å²) in [6, 6.07) is 3.70. The van der Waals surface area contributed by atoms with Gasteiger partial charge in [0.2, 0.25) is 10.0 Å². The second-order valence-electron chi connectivity index (χ2n) is 4.82. The second kappa shape index (κ2) is 10.4. The van der Waals surface area contributed by atoms with Gasteiger partial charge in [0.25, 0.3) is 0 Å². The summed E-state index contributed by atoms with van der Waals surface area (Å²) in [6.45, 7) is 3.37. The van der Waals surface area contributed by atoms with Crippen LogP contribution in [-0.4, -0.2) is 51.8 Å². The van der Waals surface area contributed by atoms with Crippen molar-refractivity contribution in [3.63, 3.8) is 0 Å². The van der Waals surface area contributed by atoms with Crippen molar-refractivity contribution in [2.45, 2.75) is 19.8 Å². The van der Waals surface area contributed by atoms with Crippen molar-refractivity contribution in [3.8, 4) is 0 Å². The molecule has 0 aromatic carbocycles. The quantitative estimate of drug-likeness (QED) is 0.261. The molecule has 1 rings (SSSR count). The maximum atomic E-state index is 11.3. The molecule has 0 fully saturated rings. The number of hydrogen-bond donors (Lipinski definition) is 3. The van der Waals surface area contributed by atoms with E-state index in [9.17, 15) is 8.42 Å². The van der Waals surface area contributed by atoms with E-state index >= 15 is 0 Å². The Kier molecular flexibility index (Phi) is 8.90. The molecule has 23 heavy (non-hydrogen) atoms. The number of guanidine groups is 1. The van der Waals surface area contributed by atoms with Gasteiger partial charge in [-0.3, -0.25) is 4.99 Å². The SMILES string of the molecule is CCS(=O)(=O)NCCCNC(=NC)NCCc1ccc(Cl)nc1. The van der Waals surface area contributed by atoms with Gasteiger partial charge in [-0.05, 0) is 31.4 Å². The third kappa shape index (κ3) is 8.73. The molecule has 1 aromatic heterocycles. The van der Waals surface area contributed by atoms with Crippen LogP contribution in [0.5, 0.6) is 0 Å². The summed E-state index contributed by atoms with van der Waals surface area (Å²) < 4.78 is 25.1. The molecule has 9 heteroatoms. The van der Waals surface area contributed by atoms with Crippen molar-refractivity contribution in [1.29, 1.82) is 0 Å². The Hall–Kier alpha value is -1.38. The largest absolute Gasteiger partial charge is 0.356 e. The molecule has 0 unspecified atom stereocenters. The first-order valence-corrected chi connectivity index (χ1v) is 9.52. The number of aromatic nitrogens is 1. The number of nitrogens with zero attached hydrogens (tertiary/aromatic N) is 2. The molecule has 0 aliphatic rings. The van der Waals surface area contributed by atoms with Crippen LogP contribution in [0.3, 0.4) is 0 Å². The highest BCUT2D eigenvalue weighted by atomic mass is 35.5. The lowest BCUT2D eigenvalue weighted by Gasteiger charge is -2.12. The van der Waals surface area contributed by atoms with Gasteiger partial charge in [0.1, 0.15) is 5.15 Å². The van der Waals surface area contributed by atoms with E-state index < -0.39 is 10.0 Å². The topological polar surface area (TPSA) is 95.5 Å². The number of rotatable bonds is 9. The minimum Gasteiger partial charge on any atom is -0.356 e. The van der Waals surface area contributed by atoms with Gasteiger partial charge < -0.3 is 10.6 Å². The van der Waals surface area contributed by atoms with Crippen LogP contribution >= 0.6 is 11.6 Å². The van der Waals surface area contributed by atoms with Crippen LogP contribution in [0.2, 0.25) is 5.15 Å². The standard InChI is InChI=1S/C14H24ClN5O2S/c1-3-23(21,22)20-9-4-8-17-14(16-2)18-10-7-12-5-6-13(15)19-11-12/h5-6,11,20H,3-4,7-10H2,1-2H3,(H2,16,17,18). The Morgan fingerprint density at radius 3 is 2.61 bits per heavy atom. The van der Waals surface area contributed by atoms with Crippen molar-refractivity contribution in [1.82, 2.24) is 20.3 Å². The van der Waals surface area contributed by atoms with E-state index in [0.29, 0.717) is 37.2 Å². The van der Waals surface area contributed by atoms with E-state index in [-0.39, 0.29) is 5.75 Å². The molecule has 3 N–H and O–H groups in total. The number of hydrogen-bond acceptors (Lipinski definition) is 4. The minimum atomic E-state index is -3.11. The lowest BCUT2D eigenvalue weighted by atomic mass is 10.2. The van der Waals surface area contributed by atoms with E-state index in [0.717, 1.165) is 12.0 Å². The highest BCUT2D eigenvalue weighted by Crippen LogP contribution is 2.05. The Morgan fingerprint density at radius 1 is 1.26 bits per heavy atom. The zero-order valence-electron chi connectivity index (χ0n) is 13.5. The van der Waals surface area contributed by atoms with Gasteiger partial charge in [0.15, 0.2) is 5.96 Å². The number of nitrogens with one attached hydrogen (secondary N) is 3. The molecule has 0 radical (unpaired) electrons. The number of halogens is 1. The number of pyridine rings is 1. The molecule has 0 atom stereocenters. The predicted molar refractivity (Wildman–Crippen MR) is 94.4 cm³/mol. The summed E-state index contributed by atoms with van der Waals surface area (Å²) >= 11 is 5.74. The van der Waals surface area contributed by atoms with Crippen LogP contribution in [0.4, 0.5) is 0 Å². The van der Waals surface area contributed by atoms with E-state index in [1.54, 1.807) is 26.2 Å². The van der Waals surface area contributed by atoms with Crippen LogP contribution in [0, 0.1) is 0 Å². The smallest absolute Gasteiger partial charge is 0.211 e. The summed E-state index contributed by atoms with van der Waals surface area (Å²) in [5.41, 5.74) is 1.09. The number of sulfonamides is 1. The molecule has 0 saturated heterocycles. The minimum absolute atomic E-state index is 0.100. The summed E-state index contributed by atoms with van der Waals surface area (Å²) in [5, 5.41) is 6.81. The van der Waals surface area contributed by atoms with Gasteiger partial charge in [-0.15, -0.1) is 0 Å². The molecule has 0 aliphatic heterocycles. The normalized spacial score (nSPS) is 12.2. The fourth-order valence-corrected chi connectivity index (χ4v) is 2.50. The Morgan fingerprint density at radius 2 is 2.00 bits per heavy atom. The zero-order valence-corrected chi connectivity index (χ0v) is 15.0. The molecular formula is C14H24ClN5O2S. The Bertz CT molecular complexity index is 590. The maximum Gasteiger partial charge on any atom is 0.211 e. The predicted octanol–water partition coefficient (Wildman–Crippen LogP) is 0.772. The van der Waals surface area contributed by atoms with Gasteiger partial charge in [-0.25, -0.2) is 18.1 Å². The summed E-state index contributed by atoms with van der Waals surface area (Å²) in [7, 11) is -1.42. The highest BCUT2D eigenvalue weighted by molar-refractivity contribution is 7.89.